The van der Waals surface area contributed by atoms with Crippen molar-refractivity contribution in [3.63, 3.8) is 0 Å². The lowest BCUT2D eigenvalue weighted by Crippen LogP contribution is -2.53. The average molecular weight is 1080 g/mol. The molecular formula is C67H89N3O9. The van der Waals surface area contributed by atoms with Crippen LogP contribution in [0.25, 0.3) is 11.1 Å². The number of hydrogen-bond acceptors (Lipinski definition) is 12. The third-order valence-corrected chi connectivity index (χ3v) is 21.6. The molecule has 3 saturated carbocycles. The second-order valence-corrected chi connectivity index (χ2v) is 26.6. The molecule has 12 aliphatic rings. The molecule has 3 aromatic rings. The Kier molecular flexibility index (Phi) is 15.5. The third kappa shape index (κ3) is 10.3. The quantitative estimate of drug-likeness (QED) is 0.106. The number of rotatable bonds is 5. The number of guanidine groups is 1. The number of aromatic hydroxyl groups is 1. The normalized spacial score (nSPS) is 34.7. The van der Waals surface area contributed by atoms with E-state index in [4.69, 9.17) is 34.4 Å². The van der Waals surface area contributed by atoms with Crippen LogP contribution in [0, 0.1) is 64.3 Å². The molecule has 0 unspecified atom stereocenters. The molecule has 15 rings (SSSR count). The smallest absolute Gasteiger partial charge is 0.188 e. The fourth-order valence-corrected chi connectivity index (χ4v) is 17.7. The van der Waals surface area contributed by atoms with Crippen LogP contribution in [0.4, 0.5) is 0 Å². The van der Waals surface area contributed by atoms with Gasteiger partial charge in [0.15, 0.2) is 17.5 Å². The first kappa shape index (κ1) is 54.6. The van der Waals surface area contributed by atoms with E-state index in [0.29, 0.717) is 91.7 Å². The molecule has 12 heteroatoms. The van der Waals surface area contributed by atoms with E-state index in [1.165, 1.54) is 19.3 Å². The van der Waals surface area contributed by atoms with Crippen LogP contribution in [-0.2, 0) is 24.0 Å². The number of ether oxygens (including phenoxy) is 5. The van der Waals surface area contributed by atoms with E-state index in [0.717, 1.165) is 129 Å². The minimum absolute atomic E-state index is 0.00220. The number of phenols is 1. The van der Waals surface area contributed by atoms with Gasteiger partial charge < -0.3 is 55.2 Å². The number of phenolic OH excluding ortho intramolecular Hbond substituents is 1. The van der Waals surface area contributed by atoms with Gasteiger partial charge in [0, 0.05) is 68.2 Å². The van der Waals surface area contributed by atoms with Gasteiger partial charge in [0.2, 0.25) is 0 Å². The first-order chi connectivity index (χ1) is 38.3. The van der Waals surface area contributed by atoms with E-state index in [1.54, 1.807) is 7.11 Å². The molecule has 1 saturated heterocycles. The summed E-state index contributed by atoms with van der Waals surface area (Å²) in [6, 6.07) is 12.0. The number of nitrogens with two attached hydrogens (primary N) is 1. The number of nitrogens with one attached hydrogen (secondary N) is 1. The molecule has 3 aromatic carbocycles. The van der Waals surface area contributed by atoms with Gasteiger partial charge in [-0.15, -0.1) is 0 Å². The minimum Gasteiger partial charge on any atom is -0.508 e. The van der Waals surface area contributed by atoms with Crippen LogP contribution in [-0.4, -0.2) is 83.7 Å². The number of benzene rings is 3. The lowest BCUT2D eigenvalue weighted by Gasteiger charge is -2.55. The van der Waals surface area contributed by atoms with Gasteiger partial charge in [0.1, 0.15) is 35.6 Å². The maximum absolute atomic E-state index is 12.8. The summed E-state index contributed by atoms with van der Waals surface area (Å²) in [5.41, 5.74) is 13.7. The van der Waals surface area contributed by atoms with Crippen LogP contribution >= 0.6 is 0 Å². The monoisotopic (exact) mass is 1080 g/mol. The summed E-state index contributed by atoms with van der Waals surface area (Å²) in [6.45, 7) is 8.61. The van der Waals surface area contributed by atoms with Gasteiger partial charge in [-0.3, -0.25) is 4.99 Å². The molecule has 5 aliphatic carbocycles. The SMILES string of the molecule is CC[C@H]1C[C@@H]2C=C[C@H]1C[C@H](O)C[C@@]1(CCC[C@]13CCOC1(CCCCC1)C3)CN=C(N)NCC[C@@H]1[C@H](CO)CC[C@@H]3CC#COc4ccc(cc4O[C@H]31)[C@@H]1Oc3cc(OC)c4c(c3C[C@H]1O)[C@@H]2Cc1cc(O)c(CC(C)C)cc1-4. The van der Waals surface area contributed by atoms with E-state index in [1.807, 2.05) is 30.3 Å². The van der Waals surface area contributed by atoms with Crippen LogP contribution in [0.15, 0.2) is 53.5 Å². The third-order valence-electron chi connectivity index (χ3n) is 21.6. The summed E-state index contributed by atoms with van der Waals surface area (Å²) in [5.74, 6) is 7.67. The minimum atomic E-state index is -0.892. The molecule has 7 aliphatic heterocycles. The fourth-order valence-electron chi connectivity index (χ4n) is 17.7. The lowest BCUT2D eigenvalue weighted by atomic mass is 9.55. The van der Waals surface area contributed by atoms with Crippen molar-refractivity contribution < 1.29 is 44.1 Å². The van der Waals surface area contributed by atoms with Crippen molar-refractivity contribution in [1.29, 1.82) is 0 Å². The number of allylic oxidation sites excluding steroid dienone is 2. The van der Waals surface area contributed by atoms with Crippen LogP contribution in [0.5, 0.6) is 28.7 Å². The first-order valence-electron chi connectivity index (χ1n) is 30.9. The summed E-state index contributed by atoms with van der Waals surface area (Å²) >= 11 is 0. The molecule has 0 amide bonds. The summed E-state index contributed by atoms with van der Waals surface area (Å²) in [4.78, 5) is 5.29. The number of fused-ring (bicyclic) bond motifs is 2. The number of aliphatic hydroxyl groups is 3. The van der Waals surface area contributed by atoms with E-state index >= 15 is 0 Å². The van der Waals surface area contributed by atoms with Crippen molar-refractivity contribution in [1.82, 2.24) is 5.32 Å². The largest absolute Gasteiger partial charge is 0.508 e. The highest BCUT2D eigenvalue weighted by Crippen LogP contribution is 2.65. The van der Waals surface area contributed by atoms with Crippen molar-refractivity contribution in [2.75, 3.05) is 33.4 Å². The van der Waals surface area contributed by atoms with E-state index in [9.17, 15) is 20.4 Å². The predicted molar refractivity (Wildman–Crippen MR) is 307 cm³/mol. The van der Waals surface area contributed by atoms with Crippen molar-refractivity contribution in [2.24, 2.45) is 63.0 Å². The zero-order chi connectivity index (χ0) is 54.6. The van der Waals surface area contributed by atoms with Crippen LogP contribution in [0.1, 0.15) is 176 Å². The average Bonchev–Trinajstić information content (AvgIpc) is 4.03. The second-order valence-electron chi connectivity index (χ2n) is 26.6. The summed E-state index contributed by atoms with van der Waals surface area (Å²) < 4.78 is 33.7. The van der Waals surface area contributed by atoms with Crippen molar-refractivity contribution in [3.8, 4) is 51.9 Å². The predicted octanol–water partition coefficient (Wildman–Crippen LogP) is 11.4. The van der Waals surface area contributed by atoms with Crippen LogP contribution in [0.2, 0.25) is 0 Å². The molecule has 7 heterocycles. The van der Waals surface area contributed by atoms with Gasteiger partial charge in [-0.25, -0.2) is 0 Å². The Morgan fingerprint density at radius 1 is 0.886 bits per heavy atom. The highest BCUT2D eigenvalue weighted by molar-refractivity contribution is 5.84. The zero-order valence-electron chi connectivity index (χ0n) is 47.6. The molecule has 4 fully saturated rings. The standard InChI is InChI=1S/C67H89N3O9/c1-5-41-28-44-14-13-43(41)29-49(72)36-66(20-10-19-65(66)23-26-77-67(38-65)21-7-6-8-22-67)39-70-64(68)69-24-18-50-46(37-71)15-12-42-11-9-25-76-56-17-16-45(33-58(56)79-62(42)50)63-55(74)34-53-57(78-63)35-59(75-4)61-52-31-48(27-40(2)3)54(73)32-47(52)30-51(44)60(53)61/h13-14,16-17,31-33,35,40-44,46,49-51,55,62-63,71-74H,5-8,10-12,15,18-24,26-30,34,36-39H2,1-4H3,(H3,68,69,70)/t41-,42-,43-,44-,46-,49-,50+,51+,55+,62+,63-,65+,66-/m0/s1. The number of methoxy groups -OCH3 is 1. The van der Waals surface area contributed by atoms with E-state index < -0.39 is 18.3 Å². The molecule has 12 nitrogen and oxygen atoms in total. The Bertz CT molecular complexity index is 2840. The molecular weight excluding hydrogens is 991 g/mol. The fraction of sp³-hybridized carbons (Fsp3) is 0.657. The van der Waals surface area contributed by atoms with E-state index in [-0.39, 0.29) is 64.6 Å². The maximum atomic E-state index is 12.8. The highest BCUT2D eigenvalue weighted by atomic mass is 16.5. The van der Waals surface area contributed by atoms with Gasteiger partial charge >= 0.3 is 0 Å². The van der Waals surface area contributed by atoms with Gasteiger partial charge in [-0.05, 0) is 188 Å². The van der Waals surface area contributed by atoms with Gasteiger partial charge in [-0.1, -0.05) is 77.0 Å². The summed E-state index contributed by atoms with van der Waals surface area (Å²) in [6.07, 6.45) is 24.8. The van der Waals surface area contributed by atoms with E-state index in [2.05, 4.69) is 56.3 Å². The number of aliphatic imine (C=N–C) groups is 1. The number of hydrogen-bond donors (Lipinski definition) is 6. The summed E-state index contributed by atoms with van der Waals surface area (Å²) in [7, 11) is 1.73. The van der Waals surface area contributed by atoms with Gasteiger partial charge in [0.05, 0.1) is 24.9 Å². The van der Waals surface area contributed by atoms with Crippen molar-refractivity contribution in [2.45, 2.75) is 192 Å². The molecule has 0 radical (unpaired) electrons. The maximum Gasteiger partial charge on any atom is 0.188 e. The molecule has 3 spiro atoms. The Labute approximate surface area is 469 Å². The Morgan fingerprint density at radius 2 is 1.72 bits per heavy atom. The Hall–Kier alpha value is -4.93. The second kappa shape index (κ2) is 22.4. The molecule has 0 aromatic heterocycles. The van der Waals surface area contributed by atoms with Crippen molar-refractivity contribution in [3.05, 3.63) is 76.4 Å². The molecule has 426 valence electrons. The van der Waals surface area contributed by atoms with Crippen LogP contribution < -0.4 is 30.0 Å². The number of aliphatic hydroxyl groups excluding tert-OH is 3. The molecule has 79 heavy (non-hydrogen) atoms. The Balaban J connectivity index is 0.968. The first-order valence-corrected chi connectivity index (χ1v) is 30.9. The molecule has 9 bridgehead atoms. The Morgan fingerprint density at radius 3 is 2.53 bits per heavy atom. The molecule has 13 atom stereocenters. The molecule has 7 N–H and O–H groups in total. The number of nitrogens with zero attached hydrogens (tertiary/aromatic N) is 1. The van der Waals surface area contributed by atoms with Crippen LogP contribution in [0.3, 0.4) is 0 Å². The topological polar surface area (TPSA) is 177 Å². The lowest BCUT2D eigenvalue weighted by molar-refractivity contribution is -0.172. The van der Waals surface area contributed by atoms with Gasteiger partial charge in [0.25, 0.3) is 0 Å². The van der Waals surface area contributed by atoms with Crippen molar-refractivity contribution >= 4 is 5.96 Å². The zero-order valence-corrected chi connectivity index (χ0v) is 47.6. The van der Waals surface area contributed by atoms with Gasteiger partial charge in [-0.2, -0.15) is 0 Å². The highest BCUT2D eigenvalue weighted by Gasteiger charge is 2.60. The summed E-state index contributed by atoms with van der Waals surface area (Å²) in [5, 5.41) is 51.4.